The largest absolute Gasteiger partial charge is 0.508 e. The lowest BCUT2D eigenvalue weighted by molar-refractivity contribution is -0.117. The normalized spacial score (nSPS) is 15.3. The van der Waals surface area contributed by atoms with Crippen LogP contribution in [0.5, 0.6) is 5.75 Å². The minimum atomic E-state index is 0.0300. The highest BCUT2D eigenvalue weighted by molar-refractivity contribution is 5.92. The molecule has 0 saturated carbocycles. The van der Waals surface area contributed by atoms with Crippen molar-refractivity contribution >= 4 is 17.3 Å². The molecule has 0 bridgehead atoms. The Labute approximate surface area is 142 Å². The average Bonchev–Trinajstić information content (AvgIpc) is 2.58. The molecule has 1 heterocycles. The van der Waals surface area contributed by atoms with Crippen LogP contribution < -0.4 is 10.2 Å². The van der Waals surface area contributed by atoms with Crippen molar-refractivity contribution in [2.45, 2.75) is 6.92 Å². The lowest BCUT2D eigenvalue weighted by atomic mass is 10.2. The molecule has 126 valence electrons. The van der Waals surface area contributed by atoms with Crippen molar-refractivity contribution < 1.29 is 9.90 Å². The molecule has 1 fully saturated rings. The number of phenols is 1. The van der Waals surface area contributed by atoms with Crippen LogP contribution in [0, 0.1) is 6.92 Å². The van der Waals surface area contributed by atoms with Crippen LogP contribution in [0.1, 0.15) is 5.56 Å². The highest BCUT2D eigenvalue weighted by Gasteiger charge is 2.19. The fourth-order valence-corrected chi connectivity index (χ4v) is 2.93. The van der Waals surface area contributed by atoms with E-state index in [0.717, 1.165) is 43.1 Å². The smallest absolute Gasteiger partial charge is 0.238 e. The highest BCUT2D eigenvalue weighted by Crippen LogP contribution is 2.20. The first-order valence-electron chi connectivity index (χ1n) is 8.23. The summed E-state index contributed by atoms with van der Waals surface area (Å²) in [6.07, 6.45) is 0. The third-order valence-electron chi connectivity index (χ3n) is 4.37. The number of amides is 1. The number of nitrogens with zero attached hydrogens (tertiary/aromatic N) is 2. The zero-order chi connectivity index (χ0) is 16.9. The zero-order valence-electron chi connectivity index (χ0n) is 13.9. The summed E-state index contributed by atoms with van der Waals surface area (Å²) in [5.41, 5.74) is 3.06. The lowest BCUT2D eigenvalue weighted by Gasteiger charge is -2.35. The highest BCUT2D eigenvalue weighted by atomic mass is 16.3. The number of piperazine rings is 1. The van der Waals surface area contributed by atoms with E-state index < -0.39 is 0 Å². The van der Waals surface area contributed by atoms with Gasteiger partial charge in [0.2, 0.25) is 5.91 Å². The molecule has 2 N–H and O–H groups in total. The second-order valence-electron chi connectivity index (χ2n) is 6.14. The van der Waals surface area contributed by atoms with E-state index in [0.29, 0.717) is 6.54 Å². The van der Waals surface area contributed by atoms with E-state index in [1.54, 1.807) is 12.1 Å². The monoisotopic (exact) mass is 325 g/mol. The van der Waals surface area contributed by atoms with Crippen molar-refractivity contribution in [3.8, 4) is 5.75 Å². The minimum absolute atomic E-state index is 0.0300. The lowest BCUT2D eigenvalue weighted by Crippen LogP contribution is -2.48. The summed E-state index contributed by atoms with van der Waals surface area (Å²) >= 11 is 0. The molecular formula is C19H23N3O2. The van der Waals surface area contributed by atoms with E-state index in [2.05, 4.69) is 15.1 Å². The topological polar surface area (TPSA) is 55.8 Å². The molecule has 5 heteroatoms. The third kappa shape index (κ3) is 4.06. The predicted molar refractivity (Wildman–Crippen MR) is 96.6 cm³/mol. The van der Waals surface area contributed by atoms with Gasteiger partial charge in [-0.3, -0.25) is 9.69 Å². The molecule has 1 amide bonds. The van der Waals surface area contributed by atoms with Crippen LogP contribution in [-0.4, -0.2) is 48.6 Å². The Morgan fingerprint density at radius 1 is 1.04 bits per heavy atom. The Bertz CT molecular complexity index is 692. The molecule has 0 aromatic heterocycles. The first-order chi connectivity index (χ1) is 11.6. The van der Waals surface area contributed by atoms with Gasteiger partial charge in [0.15, 0.2) is 0 Å². The maximum atomic E-state index is 12.2. The van der Waals surface area contributed by atoms with Gasteiger partial charge in [0.1, 0.15) is 5.75 Å². The van der Waals surface area contributed by atoms with Crippen LogP contribution in [0.25, 0.3) is 0 Å². The summed E-state index contributed by atoms with van der Waals surface area (Å²) in [5, 5.41) is 12.4. The van der Waals surface area contributed by atoms with Crippen molar-refractivity contribution in [1.29, 1.82) is 0 Å². The van der Waals surface area contributed by atoms with Crippen LogP contribution in [0.2, 0.25) is 0 Å². The maximum Gasteiger partial charge on any atom is 0.238 e. The van der Waals surface area contributed by atoms with Crippen LogP contribution in [0.3, 0.4) is 0 Å². The summed E-state index contributed by atoms with van der Waals surface area (Å²) in [7, 11) is 0. The molecule has 2 aromatic carbocycles. The SMILES string of the molecule is Cc1ccccc1NC(=O)CN1CCN(c2ccc(O)cc2)CC1. The van der Waals surface area contributed by atoms with E-state index in [9.17, 15) is 9.90 Å². The molecule has 24 heavy (non-hydrogen) atoms. The molecule has 0 atom stereocenters. The molecule has 0 spiro atoms. The number of aromatic hydroxyl groups is 1. The molecule has 1 aliphatic heterocycles. The molecule has 5 nitrogen and oxygen atoms in total. The fourth-order valence-electron chi connectivity index (χ4n) is 2.93. The van der Waals surface area contributed by atoms with Crippen molar-refractivity contribution in [2.24, 2.45) is 0 Å². The van der Waals surface area contributed by atoms with Gasteiger partial charge < -0.3 is 15.3 Å². The van der Waals surface area contributed by atoms with Crippen molar-refractivity contribution in [1.82, 2.24) is 4.90 Å². The quantitative estimate of drug-likeness (QED) is 0.907. The van der Waals surface area contributed by atoms with Gasteiger partial charge in [-0.15, -0.1) is 0 Å². The molecule has 3 rings (SSSR count). The summed E-state index contributed by atoms with van der Waals surface area (Å²) in [5.74, 6) is 0.313. The van der Waals surface area contributed by atoms with Crippen LogP contribution in [0.15, 0.2) is 48.5 Å². The zero-order valence-corrected chi connectivity index (χ0v) is 13.9. The standard InChI is InChI=1S/C19H23N3O2/c1-15-4-2-3-5-18(15)20-19(24)14-21-10-12-22(13-11-21)16-6-8-17(23)9-7-16/h2-9,23H,10-14H2,1H3,(H,20,24). The molecule has 1 aliphatic rings. The second-order valence-corrected chi connectivity index (χ2v) is 6.14. The van der Waals surface area contributed by atoms with Gasteiger partial charge in [0.25, 0.3) is 0 Å². The molecule has 0 unspecified atom stereocenters. The van der Waals surface area contributed by atoms with E-state index in [1.807, 2.05) is 43.3 Å². The number of hydrogen-bond acceptors (Lipinski definition) is 4. The fraction of sp³-hybridized carbons (Fsp3) is 0.316. The van der Waals surface area contributed by atoms with E-state index in [-0.39, 0.29) is 11.7 Å². The molecular weight excluding hydrogens is 302 g/mol. The van der Waals surface area contributed by atoms with Crippen LogP contribution in [0.4, 0.5) is 11.4 Å². The molecule has 1 saturated heterocycles. The van der Waals surface area contributed by atoms with Gasteiger partial charge in [0.05, 0.1) is 6.54 Å². The summed E-state index contributed by atoms with van der Waals surface area (Å²) in [6.45, 7) is 5.86. The Balaban J connectivity index is 1.49. The first kappa shape index (κ1) is 16.3. The average molecular weight is 325 g/mol. The van der Waals surface area contributed by atoms with Gasteiger partial charge in [-0.2, -0.15) is 0 Å². The van der Waals surface area contributed by atoms with Gasteiger partial charge in [-0.1, -0.05) is 18.2 Å². The van der Waals surface area contributed by atoms with E-state index in [4.69, 9.17) is 0 Å². The number of hydrogen-bond donors (Lipinski definition) is 2. The number of carbonyl (C=O) groups excluding carboxylic acids is 1. The van der Waals surface area contributed by atoms with Crippen molar-refractivity contribution in [3.63, 3.8) is 0 Å². The number of rotatable bonds is 4. The Kier molecular flexibility index (Phi) is 5.01. The summed E-state index contributed by atoms with van der Waals surface area (Å²) < 4.78 is 0. The van der Waals surface area contributed by atoms with Gasteiger partial charge in [-0.25, -0.2) is 0 Å². The summed E-state index contributed by atoms with van der Waals surface area (Å²) in [6, 6.07) is 15.1. The number of aryl methyl sites for hydroxylation is 1. The van der Waals surface area contributed by atoms with E-state index >= 15 is 0 Å². The van der Waals surface area contributed by atoms with Gasteiger partial charge >= 0.3 is 0 Å². The predicted octanol–water partition coefficient (Wildman–Crippen LogP) is 2.46. The number of phenolic OH excluding ortho intramolecular Hbond substituents is 1. The molecule has 2 aromatic rings. The Hall–Kier alpha value is -2.53. The number of benzene rings is 2. The number of carbonyl (C=O) groups is 1. The van der Waals surface area contributed by atoms with Crippen LogP contribution in [-0.2, 0) is 4.79 Å². The Morgan fingerprint density at radius 2 is 1.71 bits per heavy atom. The maximum absolute atomic E-state index is 12.2. The number of anilines is 2. The third-order valence-corrected chi connectivity index (χ3v) is 4.37. The summed E-state index contributed by atoms with van der Waals surface area (Å²) in [4.78, 5) is 16.7. The second kappa shape index (κ2) is 7.36. The van der Waals surface area contributed by atoms with E-state index in [1.165, 1.54) is 0 Å². The van der Waals surface area contributed by atoms with Gasteiger partial charge in [-0.05, 0) is 42.8 Å². The van der Waals surface area contributed by atoms with Gasteiger partial charge in [0, 0.05) is 37.6 Å². The molecule has 0 aliphatic carbocycles. The molecule has 0 radical (unpaired) electrons. The number of nitrogens with one attached hydrogen (secondary N) is 1. The van der Waals surface area contributed by atoms with Crippen molar-refractivity contribution in [2.75, 3.05) is 42.9 Å². The Morgan fingerprint density at radius 3 is 2.38 bits per heavy atom. The minimum Gasteiger partial charge on any atom is -0.508 e. The first-order valence-corrected chi connectivity index (χ1v) is 8.23. The van der Waals surface area contributed by atoms with Crippen molar-refractivity contribution in [3.05, 3.63) is 54.1 Å². The van der Waals surface area contributed by atoms with Crippen LogP contribution >= 0.6 is 0 Å². The number of para-hydroxylation sites is 1.